The molecule has 92 valence electrons. The van der Waals surface area contributed by atoms with Crippen LogP contribution in [0.1, 0.15) is 17.5 Å². The van der Waals surface area contributed by atoms with Gasteiger partial charge < -0.3 is 4.98 Å². The quantitative estimate of drug-likeness (QED) is 0.783. The van der Waals surface area contributed by atoms with Crippen molar-refractivity contribution in [3.8, 4) is 10.8 Å². The Kier molecular flexibility index (Phi) is 2.76. The third kappa shape index (κ3) is 1.87. The highest BCUT2D eigenvalue weighted by molar-refractivity contribution is 7.18. The highest BCUT2D eigenvalue weighted by Crippen LogP contribution is 2.25. The lowest BCUT2D eigenvalue weighted by atomic mass is 10.3. The molecule has 0 radical (unpaired) electrons. The Morgan fingerprint density at radius 1 is 1.39 bits per heavy atom. The Morgan fingerprint density at radius 2 is 2.22 bits per heavy atom. The lowest BCUT2D eigenvalue weighted by Gasteiger charge is -1.95. The molecular weight excluding hydrogens is 266 g/mol. The Hall–Kier alpha value is -1.53. The molecule has 0 aliphatic rings. The number of nitrogens with one attached hydrogen (secondary N) is 1. The van der Waals surface area contributed by atoms with Gasteiger partial charge in [0, 0.05) is 16.0 Å². The number of thiazole rings is 1. The van der Waals surface area contributed by atoms with E-state index in [1.54, 1.807) is 11.3 Å². The monoisotopic (exact) mass is 277 g/mol. The molecule has 4 nitrogen and oxygen atoms in total. The highest BCUT2D eigenvalue weighted by Gasteiger charge is 2.11. The zero-order valence-corrected chi connectivity index (χ0v) is 11.6. The Labute approximate surface area is 111 Å². The largest absolute Gasteiger partial charge is 0.304 e. The van der Waals surface area contributed by atoms with E-state index in [-0.39, 0.29) is 5.56 Å². The summed E-state index contributed by atoms with van der Waals surface area (Å²) in [7, 11) is 0. The van der Waals surface area contributed by atoms with Crippen LogP contribution in [-0.4, -0.2) is 15.0 Å². The van der Waals surface area contributed by atoms with Gasteiger partial charge in [-0.05, 0) is 19.4 Å². The molecule has 0 aliphatic carbocycles. The second kappa shape index (κ2) is 4.29. The van der Waals surface area contributed by atoms with Gasteiger partial charge in [0.1, 0.15) is 4.83 Å². The lowest BCUT2D eigenvalue weighted by Crippen LogP contribution is -2.07. The molecule has 0 atom stereocenters. The van der Waals surface area contributed by atoms with Crippen LogP contribution in [0.25, 0.3) is 21.0 Å². The molecule has 0 aliphatic heterocycles. The average Bonchev–Trinajstić information content (AvgIpc) is 2.94. The van der Waals surface area contributed by atoms with E-state index >= 15 is 0 Å². The van der Waals surface area contributed by atoms with E-state index in [1.165, 1.54) is 16.2 Å². The van der Waals surface area contributed by atoms with Gasteiger partial charge in [0.15, 0.2) is 10.8 Å². The number of aryl methyl sites for hydroxylation is 2. The Bertz CT molecular complexity index is 769. The summed E-state index contributed by atoms with van der Waals surface area (Å²) in [5.74, 6) is 0.565. The summed E-state index contributed by atoms with van der Waals surface area (Å²) in [4.78, 5) is 25.6. The number of hydrogen-bond acceptors (Lipinski definition) is 5. The third-order valence-corrected chi connectivity index (χ3v) is 4.76. The fourth-order valence-electron chi connectivity index (χ4n) is 1.72. The van der Waals surface area contributed by atoms with Crippen molar-refractivity contribution in [1.82, 2.24) is 15.0 Å². The summed E-state index contributed by atoms with van der Waals surface area (Å²) in [5.41, 5.74) is 0.858. The maximum absolute atomic E-state index is 12.0. The van der Waals surface area contributed by atoms with Crippen molar-refractivity contribution in [2.75, 3.05) is 0 Å². The predicted molar refractivity (Wildman–Crippen MR) is 75.5 cm³/mol. The second-order valence-corrected chi connectivity index (χ2v) is 5.97. The zero-order chi connectivity index (χ0) is 12.7. The molecule has 3 rings (SSSR count). The average molecular weight is 277 g/mol. The van der Waals surface area contributed by atoms with Crippen molar-refractivity contribution >= 4 is 32.9 Å². The lowest BCUT2D eigenvalue weighted by molar-refractivity contribution is 1.15. The summed E-state index contributed by atoms with van der Waals surface area (Å²) in [6.07, 6.45) is 0.923. The van der Waals surface area contributed by atoms with Crippen molar-refractivity contribution in [2.24, 2.45) is 0 Å². The van der Waals surface area contributed by atoms with Gasteiger partial charge in [0.25, 0.3) is 5.56 Å². The van der Waals surface area contributed by atoms with Crippen LogP contribution in [-0.2, 0) is 6.42 Å². The van der Waals surface area contributed by atoms with Crippen LogP contribution in [0.5, 0.6) is 0 Å². The van der Waals surface area contributed by atoms with Crippen molar-refractivity contribution in [2.45, 2.75) is 20.3 Å². The fraction of sp³-hybridized carbons (Fsp3) is 0.250. The summed E-state index contributed by atoms with van der Waals surface area (Å²) < 4.78 is 0. The van der Waals surface area contributed by atoms with Gasteiger partial charge in [-0.1, -0.05) is 6.92 Å². The molecule has 3 aromatic heterocycles. The van der Waals surface area contributed by atoms with Gasteiger partial charge in [-0.15, -0.1) is 22.7 Å². The number of rotatable bonds is 2. The van der Waals surface area contributed by atoms with E-state index in [0.717, 1.165) is 22.0 Å². The number of aromatic amines is 1. The molecule has 0 aromatic carbocycles. The molecule has 0 bridgehead atoms. The van der Waals surface area contributed by atoms with E-state index in [1.807, 2.05) is 18.4 Å². The maximum atomic E-state index is 12.0. The van der Waals surface area contributed by atoms with Gasteiger partial charge in [0.05, 0.1) is 5.39 Å². The van der Waals surface area contributed by atoms with Crippen molar-refractivity contribution in [1.29, 1.82) is 0 Å². The van der Waals surface area contributed by atoms with Crippen LogP contribution in [0.2, 0.25) is 0 Å². The normalized spacial score (nSPS) is 11.2. The van der Waals surface area contributed by atoms with E-state index in [4.69, 9.17) is 0 Å². The van der Waals surface area contributed by atoms with Crippen LogP contribution < -0.4 is 5.56 Å². The van der Waals surface area contributed by atoms with Crippen LogP contribution in [0.3, 0.4) is 0 Å². The molecule has 1 N–H and O–H groups in total. The molecule has 3 heterocycles. The van der Waals surface area contributed by atoms with E-state index in [0.29, 0.717) is 11.2 Å². The SMILES string of the molecule is CCc1cc2c(=O)[nH]c(-c3nc(C)cs3)nc2s1. The third-order valence-electron chi connectivity index (χ3n) is 2.62. The summed E-state index contributed by atoms with van der Waals surface area (Å²) >= 11 is 3.07. The minimum absolute atomic E-state index is 0.0844. The van der Waals surface area contributed by atoms with Crippen LogP contribution in [0.4, 0.5) is 0 Å². The molecule has 3 aromatic rings. The van der Waals surface area contributed by atoms with Crippen LogP contribution in [0.15, 0.2) is 16.2 Å². The fourth-order valence-corrected chi connectivity index (χ4v) is 3.43. The predicted octanol–water partition coefficient (Wildman–Crippen LogP) is 2.98. The first-order valence-corrected chi connectivity index (χ1v) is 7.32. The Balaban J connectivity index is 2.23. The van der Waals surface area contributed by atoms with Gasteiger partial charge >= 0.3 is 0 Å². The number of H-pyrrole nitrogens is 1. The van der Waals surface area contributed by atoms with E-state index in [9.17, 15) is 4.79 Å². The van der Waals surface area contributed by atoms with Crippen molar-refractivity contribution in [3.63, 3.8) is 0 Å². The topological polar surface area (TPSA) is 58.6 Å². The minimum atomic E-state index is -0.0844. The van der Waals surface area contributed by atoms with Gasteiger partial charge in [-0.2, -0.15) is 0 Å². The standard InChI is InChI=1S/C12H11N3OS2/c1-3-7-4-8-10(16)14-9(15-11(8)18-7)12-13-6(2)5-17-12/h4-5H,3H2,1-2H3,(H,14,15,16). The van der Waals surface area contributed by atoms with Gasteiger partial charge in [0.2, 0.25) is 0 Å². The molecule has 6 heteroatoms. The highest BCUT2D eigenvalue weighted by atomic mass is 32.1. The smallest absolute Gasteiger partial charge is 0.259 e. The first kappa shape index (κ1) is 11.6. The maximum Gasteiger partial charge on any atom is 0.259 e. The zero-order valence-electron chi connectivity index (χ0n) is 9.98. The molecular formula is C12H11N3OS2. The molecule has 0 saturated carbocycles. The van der Waals surface area contributed by atoms with Crippen molar-refractivity contribution < 1.29 is 0 Å². The Morgan fingerprint density at radius 3 is 2.89 bits per heavy atom. The van der Waals surface area contributed by atoms with Crippen molar-refractivity contribution in [3.05, 3.63) is 32.4 Å². The van der Waals surface area contributed by atoms with Gasteiger partial charge in [-0.25, -0.2) is 9.97 Å². The number of aromatic nitrogens is 3. The van der Waals surface area contributed by atoms with E-state index < -0.39 is 0 Å². The summed E-state index contributed by atoms with van der Waals surface area (Å²) in [6, 6.07) is 1.92. The molecule has 0 fully saturated rings. The molecule has 0 saturated heterocycles. The second-order valence-electron chi connectivity index (χ2n) is 3.99. The molecule has 0 unspecified atom stereocenters. The van der Waals surface area contributed by atoms with E-state index in [2.05, 4.69) is 21.9 Å². The number of fused-ring (bicyclic) bond motifs is 1. The van der Waals surface area contributed by atoms with Gasteiger partial charge in [-0.3, -0.25) is 4.79 Å². The molecule has 0 spiro atoms. The number of hydrogen-bond donors (Lipinski definition) is 1. The number of nitrogens with zero attached hydrogens (tertiary/aromatic N) is 2. The molecule has 0 amide bonds. The summed E-state index contributed by atoms with van der Waals surface area (Å²) in [5, 5.41) is 3.39. The first-order valence-electron chi connectivity index (χ1n) is 5.62. The molecule has 18 heavy (non-hydrogen) atoms. The van der Waals surface area contributed by atoms with Crippen LogP contribution in [0, 0.1) is 6.92 Å². The minimum Gasteiger partial charge on any atom is -0.304 e. The number of thiophene rings is 1. The first-order chi connectivity index (χ1) is 8.67. The summed E-state index contributed by atoms with van der Waals surface area (Å²) in [6.45, 7) is 4.00. The van der Waals surface area contributed by atoms with Crippen LogP contribution >= 0.6 is 22.7 Å².